The molecule has 132 valence electrons. The van der Waals surface area contributed by atoms with Gasteiger partial charge in [-0.15, -0.1) is 21.5 Å². The molecule has 0 spiro atoms. The lowest BCUT2D eigenvalue weighted by Gasteiger charge is -2.31. The minimum atomic E-state index is 0.310. The maximum Gasteiger partial charge on any atom is 0.231 e. The summed E-state index contributed by atoms with van der Waals surface area (Å²) in [7, 11) is 2.00. The zero-order chi connectivity index (χ0) is 17.2. The minimum Gasteiger partial charge on any atom is -0.339 e. The fourth-order valence-electron chi connectivity index (χ4n) is 3.04. The van der Waals surface area contributed by atoms with Gasteiger partial charge in [0.2, 0.25) is 5.89 Å². The van der Waals surface area contributed by atoms with Crippen LogP contribution in [0, 0.1) is 0 Å². The molecule has 9 heteroatoms. The summed E-state index contributed by atoms with van der Waals surface area (Å²) in [6, 6.07) is 4.39. The van der Waals surface area contributed by atoms with E-state index in [1.54, 1.807) is 11.3 Å². The molecular formula is C16H21N7OS. The Morgan fingerprint density at radius 2 is 2.24 bits per heavy atom. The van der Waals surface area contributed by atoms with E-state index < -0.39 is 0 Å². The molecule has 0 aromatic carbocycles. The van der Waals surface area contributed by atoms with Crippen molar-refractivity contribution in [3.8, 4) is 0 Å². The maximum atomic E-state index is 5.86. The van der Waals surface area contributed by atoms with Crippen molar-refractivity contribution in [3.63, 3.8) is 0 Å². The first-order valence-electron chi connectivity index (χ1n) is 8.37. The Labute approximate surface area is 149 Å². The van der Waals surface area contributed by atoms with E-state index in [0.29, 0.717) is 43.2 Å². The van der Waals surface area contributed by atoms with Gasteiger partial charge in [-0.05, 0) is 24.3 Å². The number of thiophene rings is 1. The first kappa shape index (κ1) is 16.4. The van der Waals surface area contributed by atoms with Crippen molar-refractivity contribution in [1.29, 1.82) is 0 Å². The third kappa shape index (κ3) is 3.63. The molecule has 3 heterocycles. The van der Waals surface area contributed by atoms with Gasteiger partial charge in [-0.25, -0.2) is 0 Å². The van der Waals surface area contributed by atoms with E-state index in [4.69, 9.17) is 10.3 Å². The lowest BCUT2D eigenvalue weighted by atomic mass is 9.80. The van der Waals surface area contributed by atoms with Gasteiger partial charge in [0.25, 0.3) is 0 Å². The molecule has 1 aliphatic rings. The van der Waals surface area contributed by atoms with Gasteiger partial charge in [-0.3, -0.25) is 0 Å². The van der Waals surface area contributed by atoms with Crippen LogP contribution in [0.4, 0.5) is 0 Å². The number of nitrogens with two attached hydrogens (primary N) is 1. The molecule has 3 aromatic heterocycles. The fraction of sp³-hybridized carbons (Fsp3) is 0.500. The summed E-state index contributed by atoms with van der Waals surface area (Å²) in [5, 5.41) is 17.9. The Balaban J connectivity index is 1.29. The highest BCUT2D eigenvalue weighted by Gasteiger charge is 2.31. The Bertz CT molecular complexity index is 820. The maximum absolute atomic E-state index is 5.86. The van der Waals surface area contributed by atoms with E-state index in [0.717, 1.165) is 24.5 Å². The molecule has 1 saturated carbocycles. The highest BCUT2D eigenvalue weighted by atomic mass is 32.1. The largest absolute Gasteiger partial charge is 0.339 e. The molecule has 8 nitrogen and oxygen atoms in total. The van der Waals surface area contributed by atoms with Crippen LogP contribution in [-0.4, -0.2) is 30.9 Å². The average Bonchev–Trinajstić information content (AvgIpc) is 3.29. The molecule has 0 atom stereocenters. The topological polar surface area (TPSA) is 108 Å². The molecule has 3 N–H and O–H groups in total. The zero-order valence-electron chi connectivity index (χ0n) is 14.1. The highest BCUT2D eigenvalue weighted by Crippen LogP contribution is 2.34. The molecule has 1 aliphatic carbocycles. The van der Waals surface area contributed by atoms with Crippen molar-refractivity contribution in [2.75, 3.05) is 0 Å². The summed E-state index contributed by atoms with van der Waals surface area (Å²) in [4.78, 5) is 5.63. The Morgan fingerprint density at radius 1 is 1.36 bits per heavy atom. The summed E-state index contributed by atoms with van der Waals surface area (Å²) in [5.74, 6) is 3.66. The van der Waals surface area contributed by atoms with Gasteiger partial charge in [0, 0.05) is 23.9 Å². The van der Waals surface area contributed by atoms with E-state index in [1.165, 1.54) is 4.88 Å². The van der Waals surface area contributed by atoms with E-state index >= 15 is 0 Å². The first-order valence-corrected chi connectivity index (χ1v) is 9.25. The number of rotatable bonds is 7. The lowest BCUT2D eigenvalue weighted by Crippen LogP contribution is -2.36. The molecule has 1 fully saturated rings. The second kappa shape index (κ2) is 7.03. The number of nitrogens with one attached hydrogen (secondary N) is 1. The molecule has 0 bridgehead atoms. The summed E-state index contributed by atoms with van der Waals surface area (Å²) in [5.41, 5.74) is 5.86. The summed E-state index contributed by atoms with van der Waals surface area (Å²) < 4.78 is 7.35. The molecule has 0 unspecified atom stereocenters. The molecule has 0 aliphatic heterocycles. The van der Waals surface area contributed by atoms with E-state index in [-0.39, 0.29) is 0 Å². The van der Waals surface area contributed by atoms with Crippen LogP contribution in [0.1, 0.15) is 47.0 Å². The number of hydrogen-bond donors (Lipinski definition) is 2. The van der Waals surface area contributed by atoms with Crippen LogP contribution in [0.5, 0.6) is 0 Å². The van der Waals surface area contributed by atoms with Gasteiger partial charge in [-0.2, -0.15) is 4.98 Å². The smallest absolute Gasteiger partial charge is 0.231 e. The molecule has 0 saturated heterocycles. The van der Waals surface area contributed by atoms with Crippen LogP contribution in [0.15, 0.2) is 22.0 Å². The Morgan fingerprint density at radius 3 is 3.00 bits per heavy atom. The van der Waals surface area contributed by atoms with E-state index in [1.807, 2.05) is 18.5 Å². The van der Waals surface area contributed by atoms with E-state index in [2.05, 4.69) is 36.3 Å². The second-order valence-electron chi connectivity index (χ2n) is 6.43. The fourth-order valence-corrected chi connectivity index (χ4v) is 3.74. The van der Waals surface area contributed by atoms with Crippen molar-refractivity contribution in [2.45, 2.75) is 44.3 Å². The number of aromatic nitrogens is 5. The summed E-state index contributed by atoms with van der Waals surface area (Å²) >= 11 is 1.69. The second-order valence-corrected chi connectivity index (χ2v) is 7.46. The molecule has 4 rings (SSSR count). The molecule has 0 amide bonds. The van der Waals surface area contributed by atoms with Crippen LogP contribution in [0.25, 0.3) is 0 Å². The average molecular weight is 359 g/mol. The van der Waals surface area contributed by atoms with Crippen LogP contribution < -0.4 is 11.1 Å². The number of nitrogens with zero attached hydrogens (tertiary/aromatic N) is 5. The number of hydrogen-bond acceptors (Lipinski definition) is 8. The van der Waals surface area contributed by atoms with Crippen LogP contribution in [-0.2, 0) is 26.6 Å². The lowest BCUT2D eigenvalue weighted by molar-refractivity contribution is 0.331. The summed E-state index contributed by atoms with van der Waals surface area (Å²) in [6.07, 6.45) is 2.67. The van der Waals surface area contributed by atoms with Gasteiger partial charge in [-0.1, -0.05) is 11.2 Å². The SMILES string of the molecule is Cn1c(CNCc2noc(Cc3cccs3)n2)nnc1C1CC(N)C1. The van der Waals surface area contributed by atoms with Gasteiger partial charge >= 0.3 is 0 Å². The van der Waals surface area contributed by atoms with Gasteiger partial charge < -0.3 is 20.1 Å². The van der Waals surface area contributed by atoms with Crippen molar-refractivity contribution < 1.29 is 4.52 Å². The minimum absolute atomic E-state index is 0.310. The highest BCUT2D eigenvalue weighted by molar-refractivity contribution is 7.09. The quantitative estimate of drug-likeness (QED) is 0.655. The third-order valence-corrected chi connectivity index (χ3v) is 5.40. The molecule has 25 heavy (non-hydrogen) atoms. The van der Waals surface area contributed by atoms with Crippen molar-refractivity contribution in [2.24, 2.45) is 12.8 Å². The van der Waals surface area contributed by atoms with Crippen molar-refractivity contribution >= 4 is 11.3 Å². The third-order valence-electron chi connectivity index (χ3n) is 4.52. The predicted octanol–water partition coefficient (Wildman–Crippen LogP) is 1.34. The predicted molar refractivity (Wildman–Crippen MR) is 92.9 cm³/mol. The monoisotopic (exact) mass is 359 g/mol. The van der Waals surface area contributed by atoms with Crippen molar-refractivity contribution in [3.05, 3.63) is 45.8 Å². The molecule has 3 aromatic rings. The first-order chi connectivity index (χ1) is 12.2. The van der Waals surface area contributed by atoms with Gasteiger partial charge in [0.1, 0.15) is 11.6 Å². The Kier molecular flexibility index (Phi) is 4.60. The normalized spacial score (nSPS) is 19.9. The Hall–Kier alpha value is -2.10. The molecule has 0 radical (unpaired) electrons. The van der Waals surface area contributed by atoms with Crippen LogP contribution in [0.3, 0.4) is 0 Å². The standard InChI is InChI=1S/C16H21N7OS/c1-23-14(20-21-16(23)10-5-11(17)6-10)9-18-8-13-19-15(24-22-13)7-12-3-2-4-25-12/h2-4,10-11,18H,5-9,17H2,1H3. The molecular weight excluding hydrogens is 338 g/mol. The van der Waals surface area contributed by atoms with Crippen LogP contribution in [0.2, 0.25) is 0 Å². The van der Waals surface area contributed by atoms with Gasteiger partial charge in [0.15, 0.2) is 5.82 Å². The van der Waals surface area contributed by atoms with Crippen molar-refractivity contribution in [1.82, 2.24) is 30.2 Å². The van der Waals surface area contributed by atoms with Crippen LogP contribution >= 0.6 is 11.3 Å². The summed E-state index contributed by atoms with van der Waals surface area (Å²) in [6.45, 7) is 1.14. The van der Waals surface area contributed by atoms with E-state index in [9.17, 15) is 0 Å². The van der Waals surface area contributed by atoms with Gasteiger partial charge in [0.05, 0.1) is 19.5 Å². The zero-order valence-corrected chi connectivity index (χ0v) is 14.9.